The van der Waals surface area contributed by atoms with Crippen LogP contribution in [0.1, 0.15) is 5.69 Å². The van der Waals surface area contributed by atoms with Crippen LogP contribution in [0.3, 0.4) is 0 Å². The predicted octanol–water partition coefficient (Wildman–Crippen LogP) is 2.01. The molecule has 0 atom stereocenters. The Kier molecular flexibility index (Phi) is 4.52. The third-order valence-corrected chi connectivity index (χ3v) is 4.29. The van der Waals surface area contributed by atoms with Gasteiger partial charge >= 0.3 is 0 Å². The molecule has 0 saturated carbocycles. The fraction of sp³-hybridized carbons (Fsp3) is 0.308. The number of nitrogens with zero attached hydrogens (tertiary/aromatic N) is 4. The van der Waals surface area contributed by atoms with E-state index in [1.54, 1.807) is 24.9 Å². The Morgan fingerprint density at radius 3 is 2.50 bits per heavy atom. The first kappa shape index (κ1) is 16.4. The highest BCUT2D eigenvalue weighted by Crippen LogP contribution is 2.35. The first-order valence-corrected chi connectivity index (χ1v) is 8.48. The van der Waals surface area contributed by atoms with Crippen LogP contribution in [-0.4, -0.2) is 43.8 Å². The van der Waals surface area contributed by atoms with Crippen molar-refractivity contribution in [2.24, 2.45) is 0 Å². The summed E-state index contributed by atoms with van der Waals surface area (Å²) < 4.78 is 28.3. The highest BCUT2D eigenvalue weighted by atomic mass is 35.5. The highest BCUT2D eigenvalue weighted by molar-refractivity contribution is 7.90. The van der Waals surface area contributed by atoms with E-state index in [1.807, 2.05) is 0 Å². The van der Waals surface area contributed by atoms with Gasteiger partial charge in [0.1, 0.15) is 6.33 Å². The zero-order valence-corrected chi connectivity index (χ0v) is 14.1. The molecule has 0 aromatic carbocycles. The third-order valence-electron chi connectivity index (χ3n) is 3.04. The minimum atomic E-state index is -3.35. The maximum absolute atomic E-state index is 11.5. The van der Waals surface area contributed by atoms with Gasteiger partial charge in [0.2, 0.25) is 0 Å². The summed E-state index contributed by atoms with van der Waals surface area (Å²) >= 11 is 5.99. The molecule has 0 spiro atoms. The molecular formula is C13H15ClN4O3S. The number of pyridine rings is 1. The molecule has 0 radical (unpaired) electrons. The fourth-order valence-corrected chi connectivity index (χ4v) is 2.79. The number of halogens is 1. The average molecular weight is 343 g/mol. The molecule has 2 aromatic rings. The van der Waals surface area contributed by atoms with Gasteiger partial charge in [-0.15, -0.1) is 0 Å². The van der Waals surface area contributed by atoms with E-state index < -0.39 is 9.84 Å². The maximum Gasteiger partial charge on any atom is 0.199 e. The molecule has 0 saturated heterocycles. The predicted molar refractivity (Wildman–Crippen MR) is 83.7 cm³/mol. The number of sulfone groups is 1. The van der Waals surface area contributed by atoms with Gasteiger partial charge in [-0.2, -0.15) is 0 Å². The molecule has 0 unspecified atom stereocenters. The Morgan fingerprint density at radius 2 is 1.95 bits per heavy atom. The Balaban J connectivity index is 2.51. The Labute approximate surface area is 133 Å². The molecule has 7 nitrogen and oxygen atoms in total. The van der Waals surface area contributed by atoms with E-state index >= 15 is 0 Å². The summed E-state index contributed by atoms with van der Waals surface area (Å²) in [6, 6.07) is 3.11. The van der Waals surface area contributed by atoms with Crippen molar-refractivity contribution in [2.75, 3.05) is 25.3 Å². The van der Waals surface area contributed by atoms with E-state index in [2.05, 4.69) is 15.0 Å². The van der Waals surface area contributed by atoms with Crippen LogP contribution in [0.15, 0.2) is 23.5 Å². The van der Waals surface area contributed by atoms with Gasteiger partial charge in [0.15, 0.2) is 31.6 Å². The van der Waals surface area contributed by atoms with Crippen LogP contribution < -0.4 is 9.64 Å². The number of aromatic nitrogens is 3. The molecule has 22 heavy (non-hydrogen) atoms. The molecule has 0 amide bonds. The van der Waals surface area contributed by atoms with Crippen molar-refractivity contribution in [3.63, 3.8) is 0 Å². The Bertz CT molecular complexity index is 811. The highest BCUT2D eigenvalue weighted by Gasteiger charge is 2.19. The number of methoxy groups -OCH3 is 1. The summed E-state index contributed by atoms with van der Waals surface area (Å²) in [5.74, 6) is 0.790. The summed E-state index contributed by atoms with van der Waals surface area (Å²) in [5, 5.41) is 0.215. The lowest BCUT2D eigenvalue weighted by Crippen LogP contribution is -2.15. The van der Waals surface area contributed by atoms with Gasteiger partial charge in [0.05, 0.1) is 18.5 Å². The number of hydrogen-bond acceptors (Lipinski definition) is 7. The van der Waals surface area contributed by atoms with E-state index in [4.69, 9.17) is 16.3 Å². The van der Waals surface area contributed by atoms with Crippen molar-refractivity contribution in [1.29, 1.82) is 0 Å². The lowest BCUT2D eigenvalue weighted by molar-refractivity contribution is 0.412. The first-order chi connectivity index (χ1) is 10.3. The normalized spacial score (nSPS) is 11.3. The number of aryl methyl sites for hydroxylation is 1. The van der Waals surface area contributed by atoms with E-state index in [-0.39, 0.29) is 10.2 Å². The van der Waals surface area contributed by atoms with Crippen molar-refractivity contribution < 1.29 is 13.2 Å². The van der Waals surface area contributed by atoms with Gasteiger partial charge in [0.25, 0.3) is 0 Å². The van der Waals surface area contributed by atoms with E-state index in [1.165, 1.54) is 19.5 Å². The van der Waals surface area contributed by atoms with E-state index in [0.717, 1.165) is 6.26 Å². The van der Waals surface area contributed by atoms with Crippen LogP contribution in [0.5, 0.6) is 5.75 Å². The Hall–Kier alpha value is -1.93. The molecule has 118 valence electrons. The SMILES string of the molecule is COc1c(Cl)ncnc1N(C)c1ccc(S(C)(=O)=O)nc1C. The molecule has 2 heterocycles. The lowest BCUT2D eigenvalue weighted by Gasteiger charge is -2.22. The van der Waals surface area contributed by atoms with Crippen molar-refractivity contribution in [3.05, 3.63) is 29.3 Å². The van der Waals surface area contributed by atoms with Gasteiger partial charge in [0, 0.05) is 13.3 Å². The van der Waals surface area contributed by atoms with Crippen molar-refractivity contribution in [2.45, 2.75) is 11.9 Å². The number of anilines is 2. The number of hydrogen-bond donors (Lipinski definition) is 0. The van der Waals surface area contributed by atoms with Crippen molar-refractivity contribution in [3.8, 4) is 5.75 Å². The first-order valence-electron chi connectivity index (χ1n) is 6.21. The minimum Gasteiger partial charge on any atom is -0.490 e. The zero-order valence-electron chi connectivity index (χ0n) is 12.5. The summed E-state index contributed by atoms with van der Waals surface area (Å²) in [5.41, 5.74) is 1.22. The van der Waals surface area contributed by atoms with Gasteiger partial charge in [-0.1, -0.05) is 11.6 Å². The smallest absolute Gasteiger partial charge is 0.199 e. The molecule has 0 bridgehead atoms. The second-order valence-electron chi connectivity index (χ2n) is 4.61. The molecule has 0 fully saturated rings. The monoisotopic (exact) mass is 342 g/mol. The largest absolute Gasteiger partial charge is 0.490 e. The Morgan fingerprint density at radius 1 is 1.27 bits per heavy atom. The maximum atomic E-state index is 11.5. The van der Waals surface area contributed by atoms with E-state index in [0.29, 0.717) is 22.9 Å². The lowest BCUT2D eigenvalue weighted by atomic mass is 10.3. The molecule has 0 aliphatic carbocycles. The van der Waals surface area contributed by atoms with Gasteiger partial charge in [-0.05, 0) is 19.1 Å². The van der Waals surface area contributed by atoms with E-state index in [9.17, 15) is 8.42 Å². The quantitative estimate of drug-likeness (QED) is 0.785. The summed E-state index contributed by atoms with van der Waals surface area (Å²) in [4.78, 5) is 13.9. The van der Waals surface area contributed by atoms with Crippen LogP contribution in [0.2, 0.25) is 5.15 Å². The van der Waals surface area contributed by atoms with Crippen LogP contribution in [0.25, 0.3) is 0 Å². The zero-order chi connectivity index (χ0) is 16.5. The molecule has 0 aliphatic rings. The molecule has 0 N–H and O–H groups in total. The minimum absolute atomic E-state index is 0.0230. The topological polar surface area (TPSA) is 85.3 Å². The summed E-state index contributed by atoms with van der Waals surface area (Å²) in [6.45, 7) is 1.72. The second kappa shape index (κ2) is 6.05. The molecular weight excluding hydrogens is 328 g/mol. The average Bonchev–Trinajstić information content (AvgIpc) is 2.45. The second-order valence-corrected chi connectivity index (χ2v) is 6.93. The van der Waals surface area contributed by atoms with Gasteiger partial charge < -0.3 is 9.64 Å². The number of ether oxygens (including phenoxy) is 1. The molecule has 2 aromatic heterocycles. The summed E-state index contributed by atoms with van der Waals surface area (Å²) in [6.07, 6.45) is 2.44. The standard InChI is InChI=1S/C13H15ClN4O3S/c1-8-9(5-6-10(17-8)22(4,19)20)18(2)13-11(21-3)12(14)15-7-16-13/h5-7H,1-4H3. The molecule has 0 aliphatic heterocycles. The van der Waals surface area contributed by atoms with Crippen molar-refractivity contribution in [1.82, 2.24) is 15.0 Å². The third kappa shape index (κ3) is 3.12. The number of rotatable bonds is 4. The fourth-order valence-electron chi connectivity index (χ4n) is 1.96. The molecule has 2 rings (SSSR count). The van der Waals surface area contributed by atoms with Crippen molar-refractivity contribution >= 4 is 32.9 Å². The van der Waals surface area contributed by atoms with Gasteiger partial charge in [-0.25, -0.2) is 23.4 Å². The van der Waals surface area contributed by atoms with Crippen LogP contribution in [0.4, 0.5) is 11.5 Å². The summed E-state index contributed by atoms with van der Waals surface area (Å²) in [7, 11) is -0.126. The van der Waals surface area contributed by atoms with Gasteiger partial charge in [-0.3, -0.25) is 0 Å². The van der Waals surface area contributed by atoms with Crippen LogP contribution in [0, 0.1) is 6.92 Å². The van der Waals surface area contributed by atoms with Crippen LogP contribution >= 0.6 is 11.6 Å². The molecule has 9 heteroatoms. The van der Waals surface area contributed by atoms with Crippen LogP contribution in [-0.2, 0) is 9.84 Å².